The summed E-state index contributed by atoms with van der Waals surface area (Å²) in [5, 5.41) is 5.98. The topological polar surface area (TPSA) is 50.4 Å². The van der Waals surface area contributed by atoms with Crippen LogP contribution in [0.15, 0.2) is 48.5 Å². The van der Waals surface area contributed by atoms with Gasteiger partial charge in [-0.15, -0.1) is 0 Å². The summed E-state index contributed by atoms with van der Waals surface area (Å²) in [5.41, 5.74) is 3.15. The standard InChI is InChI=1S/C17H20N2O2/c1-13-6-3-4-7-14(13)11-18-12-17(20)19-15-8-5-9-16(10-15)21-2/h3-10,18H,11-12H2,1-2H3,(H,19,20). The molecule has 0 aliphatic carbocycles. The minimum absolute atomic E-state index is 0.0724. The van der Waals surface area contributed by atoms with Crippen LogP contribution >= 0.6 is 0 Å². The van der Waals surface area contributed by atoms with Gasteiger partial charge in [-0.1, -0.05) is 30.3 Å². The third-order valence-corrected chi connectivity index (χ3v) is 3.22. The molecular formula is C17H20N2O2. The summed E-state index contributed by atoms with van der Waals surface area (Å²) in [5.74, 6) is 0.650. The average Bonchev–Trinajstić information content (AvgIpc) is 2.49. The summed E-state index contributed by atoms with van der Waals surface area (Å²) in [7, 11) is 1.60. The molecule has 110 valence electrons. The SMILES string of the molecule is COc1cccc(NC(=O)CNCc2ccccc2C)c1. The molecule has 0 heterocycles. The number of aryl methyl sites for hydroxylation is 1. The fourth-order valence-corrected chi connectivity index (χ4v) is 2.03. The second-order valence-electron chi connectivity index (χ2n) is 4.81. The molecule has 0 aliphatic heterocycles. The monoisotopic (exact) mass is 284 g/mol. The number of carbonyl (C=O) groups is 1. The number of benzene rings is 2. The zero-order chi connectivity index (χ0) is 15.1. The lowest BCUT2D eigenvalue weighted by Crippen LogP contribution is -2.27. The van der Waals surface area contributed by atoms with E-state index in [1.165, 1.54) is 11.1 Å². The second-order valence-corrected chi connectivity index (χ2v) is 4.81. The van der Waals surface area contributed by atoms with E-state index in [1.807, 2.05) is 30.3 Å². The zero-order valence-corrected chi connectivity index (χ0v) is 12.3. The van der Waals surface area contributed by atoms with Crippen molar-refractivity contribution in [3.8, 4) is 5.75 Å². The number of hydrogen-bond acceptors (Lipinski definition) is 3. The van der Waals surface area contributed by atoms with Crippen LogP contribution in [0.2, 0.25) is 0 Å². The number of nitrogens with one attached hydrogen (secondary N) is 2. The molecule has 2 rings (SSSR count). The normalized spacial score (nSPS) is 10.2. The molecule has 0 spiro atoms. The van der Waals surface area contributed by atoms with Crippen LogP contribution in [0.4, 0.5) is 5.69 Å². The van der Waals surface area contributed by atoms with Crippen LogP contribution in [0.3, 0.4) is 0 Å². The van der Waals surface area contributed by atoms with E-state index in [0.29, 0.717) is 6.54 Å². The summed E-state index contributed by atoms with van der Waals surface area (Å²) in [6.07, 6.45) is 0. The molecule has 4 nitrogen and oxygen atoms in total. The summed E-state index contributed by atoms with van der Waals surface area (Å²) in [6, 6.07) is 15.4. The van der Waals surface area contributed by atoms with Gasteiger partial charge in [-0.05, 0) is 30.2 Å². The lowest BCUT2D eigenvalue weighted by molar-refractivity contribution is -0.115. The van der Waals surface area contributed by atoms with Crippen LogP contribution in [0, 0.1) is 6.92 Å². The second kappa shape index (κ2) is 7.45. The predicted molar refractivity (Wildman–Crippen MR) is 84.5 cm³/mol. The van der Waals surface area contributed by atoms with Crippen LogP contribution in [-0.4, -0.2) is 19.6 Å². The van der Waals surface area contributed by atoms with Gasteiger partial charge in [-0.3, -0.25) is 4.79 Å². The molecule has 2 aromatic rings. The van der Waals surface area contributed by atoms with Gasteiger partial charge in [0.25, 0.3) is 0 Å². The highest BCUT2D eigenvalue weighted by atomic mass is 16.5. The van der Waals surface area contributed by atoms with E-state index in [9.17, 15) is 4.79 Å². The Labute approximate surface area is 125 Å². The summed E-state index contributed by atoms with van der Waals surface area (Å²) < 4.78 is 5.12. The predicted octanol–water partition coefficient (Wildman–Crippen LogP) is 2.73. The minimum Gasteiger partial charge on any atom is -0.497 e. The van der Waals surface area contributed by atoms with E-state index >= 15 is 0 Å². The average molecular weight is 284 g/mol. The Bertz CT molecular complexity index is 611. The van der Waals surface area contributed by atoms with Crippen molar-refractivity contribution >= 4 is 11.6 Å². The molecule has 2 aromatic carbocycles. The first-order valence-corrected chi connectivity index (χ1v) is 6.88. The molecule has 1 amide bonds. The van der Waals surface area contributed by atoms with Crippen LogP contribution in [0.1, 0.15) is 11.1 Å². The van der Waals surface area contributed by atoms with E-state index in [-0.39, 0.29) is 12.5 Å². The first kappa shape index (κ1) is 15.1. The largest absolute Gasteiger partial charge is 0.497 e. The lowest BCUT2D eigenvalue weighted by Gasteiger charge is -2.09. The van der Waals surface area contributed by atoms with Crippen LogP contribution in [-0.2, 0) is 11.3 Å². The number of methoxy groups -OCH3 is 1. The first-order valence-electron chi connectivity index (χ1n) is 6.88. The zero-order valence-electron chi connectivity index (χ0n) is 12.3. The number of rotatable bonds is 6. The maximum Gasteiger partial charge on any atom is 0.238 e. The maximum absolute atomic E-state index is 11.9. The molecular weight excluding hydrogens is 264 g/mol. The van der Waals surface area contributed by atoms with Gasteiger partial charge in [0.15, 0.2) is 0 Å². The van der Waals surface area contributed by atoms with Crippen LogP contribution < -0.4 is 15.4 Å². The fourth-order valence-electron chi connectivity index (χ4n) is 2.03. The van der Waals surface area contributed by atoms with Gasteiger partial charge in [-0.25, -0.2) is 0 Å². The Morgan fingerprint density at radius 3 is 2.71 bits per heavy atom. The van der Waals surface area contributed by atoms with Crippen molar-refractivity contribution in [3.05, 3.63) is 59.7 Å². The molecule has 2 N–H and O–H groups in total. The van der Waals surface area contributed by atoms with Crippen molar-refractivity contribution in [2.24, 2.45) is 0 Å². The summed E-state index contributed by atoms with van der Waals surface area (Å²) in [4.78, 5) is 11.9. The number of carbonyl (C=O) groups excluding carboxylic acids is 1. The third kappa shape index (κ3) is 4.61. The molecule has 0 unspecified atom stereocenters. The van der Waals surface area contributed by atoms with Gasteiger partial charge < -0.3 is 15.4 Å². The molecule has 0 saturated carbocycles. The van der Waals surface area contributed by atoms with E-state index in [0.717, 1.165) is 11.4 Å². The number of anilines is 1. The van der Waals surface area contributed by atoms with Gasteiger partial charge >= 0.3 is 0 Å². The van der Waals surface area contributed by atoms with Crippen molar-refractivity contribution in [1.29, 1.82) is 0 Å². The highest BCUT2D eigenvalue weighted by Crippen LogP contribution is 2.16. The van der Waals surface area contributed by atoms with E-state index in [2.05, 4.69) is 29.7 Å². The molecule has 0 fully saturated rings. The van der Waals surface area contributed by atoms with Gasteiger partial charge in [-0.2, -0.15) is 0 Å². The highest BCUT2D eigenvalue weighted by Gasteiger charge is 2.03. The van der Waals surface area contributed by atoms with E-state index in [4.69, 9.17) is 4.74 Å². The maximum atomic E-state index is 11.9. The molecule has 4 heteroatoms. The first-order chi connectivity index (χ1) is 10.2. The van der Waals surface area contributed by atoms with Gasteiger partial charge in [0.2, 0.25) is 5.91 Å². The summed E-state index contributed by atoms with van der Waals surface area (Å²) in [6.45, 7) is 3.01. The van der Waals surface area contributed by atoms with Crippen molar-refractivity contribution in [1.82, 2.24) is 5.32 Å². The van der Waals surface area contributed by atoms with Crippen molar-refractivity contribution in [2.75, 3.05) is 19.0 Å². The smallest absolute Gasteiger partial charge is 0.238 e. The Morgan fingerprint density at radius 1 is 1.14 bits per heavy atom. The van der Waals surface area contributed by atoms with Crippen molar-refractivity contribution in [3.63, 3.8) is 0 Å². The number of amides is 1. The third-order valence-electron chi connectivity index (χ3n) is 3.22. The molecule has 0 aliphatic rings. The quantitative estimate of drug-likeness (QED) is 0.857. The Balaban J connectivity index is 1.81. The molecule has 0 aromatic heterocycles. The highest BCUT2D eigenvalue weighted by molar-refractivity contribution is 5.92. The van der Waals surface area contributed by atoms with Crippen molar-refractivity contribution in [2.45, 2.75) is 13.5 Å². The van der Waals surface area contributed by atoms with Gasteiger partial charge in [0.1, 0.15) is 5.75 Å². The van der Waals surface area contributed by atoms with Gasteiger partial charge in [0.05, 0.1) is 13.7 Å². The number of hydrogen-bond donors (Lipinski definition) is 2. The number of ether oxygens (including phenoxy) is 1. The fraction of sp³-hybridized carbons (Fsp3) is 0.235. The van der Waals surface area contributed by atoms with E-state index < -0.39 is 0 Å². The van der Waals surface area contributed by atoms with Gasteiger partial charge in [0, 0.05) is 18.3 Å². The lowest BCUT2D eigenvalue weighted by atomic mass is 10.1. The molecule has 0 radical (unpaired) electrons. The molecule has 0 atom stereocenters. The molecule has 0 saturated heterocycles. The molecule has 21 heavy (non-hydrogen) atoms. The van der Waals surface area contributed by atoms with Crippen LogP contribution in [0.25, 0.3) is 0 Å². The minimum atomic E-state index is -0.0724. The Morgan fingerprint density at radius 2 is 1.95 bits per heavy atom. The Hall–Kier alpha value is -2.33. The van der Waals surface area contributed by atoms with E-state index in [1.54, 1.807) is 13.2 Å². The van der Waals surface area contributed by atoms with Crippen molar-refractivity contribution < 1.29 is 9.53 Å². The summed E-state index contributed by atoms with van der Waals surface area (Å²) >= 11 is 0. The molecule has 0 bridgehead atoms. The van der Waals surface area contributed by atoms with Crippen LogP contribution in [0.5, 0.6) is 5.75 Å². The Kier molecular flexibility index (Phi) is 5.35.